The Balaban J connectivity index is 1.60. The van der Waals surface area contributed by atoms with Crippen molar-refractivity contribution in [3.8, 4) is 11.3 Å². The van der Waals surface area contributed by atoms with Crippen molar-refractivity contribution in [2.24, 2.45) is 0 Å². The molecule has 4 nitrogen and oxygen atoms in total. The number of aryl methyl sites for hydroxylation is 1. The van der Waals surface area contributed by atoms with Gasteiger partial charge in [-0.05, 0) is 73.2 Å². The maximum Gasteiger partial charge on any atom is 0.174 e. The lowest BCUT2D eigenvalue weighted by Crippen LogP contribution is -2.29. The summed E-state index contributed by atoms with van der Waals surface area (Å²) in [4.78, 5) is 6.73. The summed E-state index contributed by atoms with van der Waals surface area (Å²) >= 11 is 9.26. The van der Waals surface area contributed by atoms with Gasteiger partial charge in [-0.1, -0.05) is 46.3 Å². The number of benzene rings is 2. The van der Waals surface area contributed by atoms with Crippen LogP contribution in [0.2, 0.25) is 0 Å². The minimum absolute atomic E-state index is 0.127. The zero-order valence-electron chi connectivity index (χ0n) is 16.8. The highest BCUT2D eigenvalue weighted by atomic mass is 79.9. The summed E-state index contributed by atoms with van der Waals surface area (Å²) in [5, 5.41) is 4.13. The fraction of sp³-hybridized carbons (Fsp3) is 0.120. The molecular weight excluding hydrogens is 470 g/mol. The summed E-state index contributed by atoms with van der Waals surface area (Å²) in [5.74, 6) is 1.66. The van der Waals surface area contributed by atoms with E-state index in [1.54, 1.807) is 0 Å². The van der Waals surface area contributed by atoms with Gasteiger partial charge in [0, 0.05) is 21.9 Å². The lowest BCUT2D eigenvalue weighted by Gasteiger charge is -2.26. The number of pyridine rings is 1. The number of hydrogen-bond donors (Lipinski definition) is 1. The number of nitrogens with one attached hydrogen (secondary N) is 1. The number of aromatic nitrogens is 1. The second-order valence-corrected chi connectivity index (χ2v) is 8.85. The van der Waals surface area contributed by atoms with E-state index in [0.29, 0.717) is 5.11 Å². The van der Waals surface area contributed by atoms with Gasteiger partial charge in [-0.15, -0.1) is 0 Å². The zero-order valence-corrected chi connectivity index (χ0v) is 19.2. The largest absolute Gasteiger partial charge is 0.459 e. The number of furan rings is 1. The predicted molar refractivity (Wildman–Crippen MR) is 131 cm³/mol. The molecule has 6 heteroatoms. The van der Waals surface area contributed by atoms with Gasteiger partial charge in [-0.3, -0.25) is 4.98 Å². The quantitative estimate of drug-likeness (QED) is 0.327. The van der Waals surface area contributed by atoms with Crippen LogP contribution in [0.15, 0.2) is 93.9 Å². The van der Waals surface area contributed by atoms with Crippen LogP contribution >= 0.6 is 28.1 Å². The topological polar surface area (TPSA) is 41.3 Å². The maximum absolute atomic E-state index is 6.39. The van der Waals surface area contributed by atoms with E-state index < -0.39 is 0 Å². The molecule has 154 valence electrons. The van der Waals surface area contributed by atoms with Crippen LogP contribution in [-0.4, -0.2) is 10.1 Å². The molecular formula is C25H20BrN3OS. The summed E-state index contributed by atoms with van der Waals surface area (Å²) in [6.45, 7) is 2.08. The normalized spacial score (nSPS) is 18.3. The van der Waals surface area contributed by atoms with Crippen molar-refractivity contribution in [3.05, 3.63) is 107 Å². The lowest BCUT2D eigenvalue weighted by atomic mass is 10.0. The molecule has 0 spiro atoms. The Morgan fingerprint density at radius 3 is 2.58 bits per heavy atom. The van der Waals surface area contributed by atoms with E-state index in [0.717, 1.165) is 32.9 Å². The van der Waals surface area contributed by atoms with Crippen LogP contribution in [-0.2, 0) is 0 Å². The second-order valence-electron chi connectivity index (χ2n) is 7.54. The summed E-state index contributed by atoms with van der Waals surface area (Å²) in [6.07, 6.45) is 1.81. The SMILES string of the molecule is Cc1cccc(N2C(=S)N[C@@H](c3ccccn3)[C@@H]2c2ccc(-c3ccc(Br)cc3)o2)c1. The molecule has 1 aliphatic heterocycles. The summed E-state index contributed by atoms with van der Waals surface area (Å²) in [7, 11) is 0. The molecule has 1 N–H and O–H groups in total. The van der Waals surface area contributed by atoms with Crippen LogP contribution in [0.5, 0.6) is 0 Å². The number of hydrogen-bond acceptors (Lipinski definition) is 3. The first-order valence-corrected chi connectivity index (χ1v) is 11.2. The summed E-state index contributed by atoms with van der Waals surface area (Å²) in [5.41, 5.74) is 4.16. The maximum atomic E-state index is 6.39. The Labute approximate surface area is 195 Å². The first-order chi connectivity index (χ1) is 15.1. The predicted octanol–water partition coefficient (Wildman–Crippen LogP) is 6.59. The highest BCUT2D eigenvalue weighted by Gasteiger charge is 2.42. The molecule has 0 unspecified atom stereocenters. The minimum Gasteiger partial charge on any atom is -0.459 e. The van der Waals surface area contributed by atoms with Gasteiger partial charge in [0.25, 0.3) is 0 Å². The molecule has 2 aromatic heterocycles. The molecule has 0 amide bonds. The first kappa shape index (κ1) is 20.0. The molecule has 0 bridgehead atoms. The molecule has 2 atom stereocenters. The Kier molecular flexibility index (Phi) is 5.34. The monoisotopic (exact) mass is 489 g/mol. The smallest absolute Gasteiger partial charge is 0.174 e. The molecule has 2 aromatic carbocycles. The van der Waals surface area contributed by atoms with Gasteiger partial charge < -0.3 is 14.6 Å². The van der Waals surface area contributed by atoms with Crippen LogP contribution in [0.4, 0.5) is 5.69 Å². The van der Waals surface area contributed by atoms with Gasteiger partial charge in [0.15, 0.2) is 5.11 Å². The highest BCUT2D eigenvalue weighted by molar-refractivity contribution is 9.10. The fourth-order valence-electron chi connectivity index (χ4n) is 3.98. The molecule has 3 heterocycles. The Hall–Kier alpha value is -2.96. The van der Waals surface area contributed by atoms with Gasteiger partial charge in [0.05, 0.1) is 11.7 Å². The van der Waals surface area contributed by atoms with E-state index in [-0.39, 0.29) is 12.1 Å². The van der Waals surface area contributed by atoms with Gasteiger partial charge in [-0.2, -0.15) is 0 Å². The molecule has 1 aliphatic rings. The molecule has 4 aromatic rings. The average molecular weight is 490 g/mol. The molecule has 1 fully saturated rings. The van der Waals surface area contributed by atoms with Gasteiger partial charge in [0.2, 0.25) is 0 Å². The van der Waals surface area contributed by atoms with Crippen LogP contribution in [0.25, 0.3) is 11.3 Å². The number of halogens is 1. The van der Waals surface area contributed by atoms with Crippen molar-refractivity contribution < 1.29 is 4.42 Å². The van der Waals surface area contributed by atoms with E-state index in [1.165, 1.54) is 5.56 Å². The van der Waals surface area contributed by atoms with E-state index >= 15 is 0 Å². The number of rotatable bonds is 4. The minimum atomic E-state index is -0.159. The zero-order chi connectivity index (χ0) is 21.4. The van der Waals surface area contributed by atoms with Gasteiger partial charge in [0.1, 0.15) is 17.6 Å². The lowest BCUT2D eigenvalue weighted by molar-refractivity contribution is 0.439. The van der Waals surface area contributed by atoms with Crippen molar-refractivity contribution in [2.45, 2.75) is 19.0 Å². The summed E-state index contributed by atoms with van der Waals surface area (Å²) in [6, 6.07) is 26.2. The molecule has 0 radical (unpaired) electrons. The van der Waals surface area contributed by atoms with E-state index in [4.69, 9.17) is 16.6 Å². The molecule has 31 heavy (non-hydrogen) atoms. The fourth-order valence-corrected chi connectivity index (χ4v) is 4.59. The van der Waals surface area contributed by atoms with Crippen molar-refractivity contribution >= 4 is 38.9 Å². The van der Waals surface area contributed by atoms with Gasteiger partial charge >= 0.3 is 0 Å². The van der Waals surface area contributed by atoms with Crippen molar-refractivity contribution in [3.63, 3.8) is 0 Å². The van der Waals surface area contributed by atoms with Crippen molar-refractivity contribution in [1.29, 1.82) is 0 Å². The Bertz CT molecular complexity index is 1220. The molecule has 5 rings (SSSR count). The number of thiocarbonyl (C=S) groups is 1. The number of nitrogens with zero attached hydrogens (tertiary/aromatic N) is 2. The van der Waals surface area contributed by atoms with Gasteiger partial charge in [-0.25, -0.2) is 0 Å². The van der Waals surface area contributed by atoms with Crippen LogP contribution in [0.3, 0.4) is 0 Å². The molecule has 1 saturated heterocycles. The van der Waals surface area contributed by atoms with E-state index in [1.807, 2.05) is 66.9 Å². The van der Waals surface area contributed by atoms with Crippen molar-refractivity contribution in [2.75, 3.05) is 4.90 Å². The van der Waals surface area contributed by atoms with Crippen molar-refractivity contribution in [1.82, 2.24) is 10.3 Å². The third kappa shape index (κ3) is 3.89. The van der Waals surface area contributed by atoms with Crippen LogP contribution in [0, 0.1) is 6.92 Å². The molecule has 0 saturated carbocycles. The molecule has 0 aliphatic carbocycles. The standard InChI is InChI=1S/C25H20BrN3OS/c1-16-5-4-6-19(15-16)29-24(23(28-25(29)31)20-7-2-3-14-27-20)22-13-12-21(30-22)17-8-10-18(26)11-9-17/h2-15,23-24H,1H3,(H,28,31)/t23-,24-/m0/s1. The Morgan fingerprint density at radius 2 is 1.84 bits per heavy atom. The second kappa shape index (κ2) is 8.29. The summed E-state index contributed by atoms with van der Waals surface area (Å²) < 4.78 is 7.43. The van der Waals surface area contributed by atoms with E-state index in [9.17, 15) is 0 Å². The van der Waals surface area contributed by atoms with Crippen LogP contribution in [0.1, 0.15) is 29.1 Å². The Morgan fingerprint density at radius 1 is 1.00 bits per heavy atom. The van der Waals surface area contributed by atoms with E-state index in [2.05, 4.69) is 56.3 Å². The third-order valence-electron chi connectivity index (χ3n) is 5.42. The number of anilines is 1. The average Bonchev–Trinajstić information content (AvgIpc) is 3.39. The third-order valence-corrected chi connectivity index (χ3v) is 6.27. The highest BCUT2D eigenvalue weighted by Crippen LogP contribution is 2.43. The first-order valence-electron chi connectivity index (χ1n) is 10.0. The van der Waals surface area contributed by atoms with Crippen LogP contribution < -0.4 is 10.2 Å².